The van der Waals surface area contributed by atoms with Gasteiger partial charge in [0.1, 0.15) is 12.4 Å². The maximum absolute atomic E-state index is 5.55. The zero-order valence-electron chi connectivity index (χ0n) is 10.2. The molecule has 2 rings (SSSR count). The van der Waals surface area contributed by atoms with Crippen LogP contribution in [0.4, 0.5) is 5.82 Å². The van der Waals surface area contributed by atoms with Gasteiger partial charge in [-0.2, -0.15) is 0 Å². The van der Waals surface area contributed by atoms with Gasteiger partial charge in [-0.05, 0) is 26.0 Å². The molecule has 0 bridgehead atoms. The van der Waals surface area contributed by atoms with E-state index in [0.29, 0.717) is 12.5 Å². The highest BCUT2D eigenvalue weighted by Gasteiger charge is 2.27. The Bertz CT molecular complexity index is 407. The maximum atomic E-state index is 5.55. The van der Waals surface area contributed by atoms with Crippen molar-refractivity contribution in [2.24, 2.45) is 4.99 Å². The molecule has 0 saturated heterocycles. The topological polar surface area (TPSA) is 37.7 Å². The number of rotatable bonds is 2. The van der Waals surface area contributed by atoms with Crippen LogP contribution in [0.1, 0.15) is 19.4 Å². The molecule has 0 aliphatic carbocycles. The normalized spacial score (nSPS) is 17.9. The standard InChI is InChI=1S/C12H17N3O/c1-12(2)8-16-11(14-12)9-5-6-10(13-7-9)15(3)4/h5-7H,8H2,1-4H3. The number of ether oxygens (including phenoxy) is 1. The van der Waals surface area contributed by atoms with E-state index in [1.165, 1.54) is 0 Å². The predicted molar refractivity (Wildman–Crippen MR) is 65.1 cm³/mol. The Hall–Kier alpha value is -1.58. The minimum atomic E-state index is -0.116. The second-order valence-corrected chi connectivity index (χ2v) is 4.82. The first-order valence-electron chi connectivity index (χ1n) is 5.34. The second-order valence-electron chi connectivity index (χ2n) is 4.82. The molecular formula is C12H17N3O. The zero-order valence-corrected chi connectivity index (χ0v) is 10.2. The van der Waals surface area contributed by atoms with Gasteiger partial charge in [-0.25, -0.2) is 9.98 Å². The van der Waals surface area contributed by atoms with Crippen LogP contribution in [0.2, 0.25) is 0 Å². The first-order valence-corrected chi connectivity index (χ1v) is 5.34. The summed E-state index contributed by atoms with van der Waals surface area (Å²) in [5.74, 6) is 1.63. The summed E-state index contributed by atoms with van der Waals surface area (Å²) in [6.45, 7) is 4.75. The molecule has 4 heteroatoms. The molecule has 2 heterocycles. The molecule has 0 N–H and O–H groups in total. The molecule has 1 aliphatic rings. The van der Waals surface area contributed by atoms with Crippen molar-refractivity contribution < 1.29 is 4.74 Å². The Kier molecular flexibility index (Phi) is 2.58. The molecule has 0 saturated carbocycles. The quantitative estimate of drug-likeness (QED) is 0.760. The maximum Gasteiger partial charge on any atom is 0.218 e. The first kappa shape index (κ1) is 10.9. The summed E-state index contributed by atoms with van der Waals surface area (Å²) >= 11 is 0. The lowest BCUT2D eigenvalue weighted by atomic mass is 10.1. The third-order valence-corrected chi connectivity index (χ3v) is 2.42. The highest BCUT2D eigenvalue weighted by atomic mass is 16.5. The van der Waals surface area contributed by atoms with Gasteiger partial charge in [0.2, 0.25) is 5.90 Å². The molecule has 1 aromatic rings. The van der Waals surface area contributed by atoms with Crippen LogP contribution in [0.5, 0.6) is 0 Å². The van der Waals surface area contributed by atoms with Crippen molar-refractivity contribution in [1.29, 1.82) is 0 Å². The second kappa shape index (κ2) is 3.77. The van der Waals surface area contributed by atoms with Crippen LogP contribution in [0.15, 0.2) is 23.3 Å². The summed E-state index contributed by atoms with van der Waals surface area (Å²) in [6, 6.07) is 3.95. The number of pyridine rings is 1. The molecule has 1 aliphatic heterocycles. The molecule has 0 unspecified atom stereocenters. The molecule has 0 fully saturated rings. The SMILES string of the molecule is CN(C)c1ccc(C2=NC(C)(C)CO2)cn1. The molecule has 86 valence electrons. The molecular weight excluding hydrogens is 202 g/mol. The van der Waals surface area contributed by atoms with E-state index in [1.807, 2.05) is 31.1 Å². The summed E-state index contributed by atoms with van der Waals surface area (Å²) in [6.07, 6.45) is 1.80. The van der Waals surface area contributed by atoms with Gasteiger partial charge in [-0.15, -0.1) is 0 Å². The van der Waals surface area contributed by atoms with Crippen LogP contribution in [0.25, 0.3) is 0 Å². The van der Waals surface area contributed by atoms with Crippen molar-refractivity contribution in [3.05, 3.63) is 23.9 Å². The number of anilines is 1. The number of nitrogens with zero attached hydrogens (tertiary/aromatic N) is 3. The third kappa shape index (κ3) is 2.15. The van der Waals surface area contributed by atoms with Crippen molar-refractivity contribution in [3.63, 3.8) is 0 Å². The average molecular weight is 219 g/mol. The minimum absolute atomic E-state index is 0.116. The van der Waals surface area contributed by atoms with Crippen LogP contribution >= 0.6 is 0 Å². The molecule has 0 spiro atoms. The Labute approximate surface area is 96.0 Å². The highest BCUT2D eigenvalue weighted by molar-refractivity contribution is 5.95. The van der Waals surface area contributed by atoms with E-state index >= 15 is 0 Å². The smallest absolute Gasteiger partial charge is 0.218 e. The van der Waals surface area contributed by atoms with Gasteiger partial charge in [0, 0.05) is 20.3 Å². The highest BCUT2D eigenvalue weighted by Crippen LogP contribution is 2.20. The molecule has 4 nitrogen and oxygen atoms in total. The van der Waals surface area contributed by atoms with E-state index in [2.05, 4.69) is 23.8 Å². The average Bonchev–Trinajstić information content (AvgIpc) is 2.59. The van der Waals surface area contributed by atoms with E-state index in [0.717, 1.165) is 11.4 Å². The minimum Gasteiger partial charge on any atom is -0.475 e. The van der Waals surface area contributed by atoms with Crippen molar-refractivity contribution in [2.45, 2.75) is 19.4 Å². The molecule has 0 radical (unpaired) electrons. The molecule has 1 aromatic heterocycles. The van der Waals surface area contributed by atoms with Gasteiger partial charge in [0.15, 0.2) is 0 Å². The lowest BCUT2D eigenvalue weighted by molar-refractivity contribution is 0.279. The Morgan fingerprint density at radius 1 is 1.31 bits per heavy atom. The summed E-state index contributed by atoms with van der Waals surface area (Å²) < 4.78 is 5.55. The number of hydrogen-bond donors (Lipinski definition) is 0. The van der Waals surface area contributed by atoms with Crippen LogP contribution in [0, 0.1) is 0 Å². The van der Waals surface area contributed by atoms with Gasteiger partial charge in [-0.1, -0.05) is 0 Å². The molecule has 16 heavy (non-hydrogen) atoms. The number of hydrogen-bond acceptors (Lipinski definition) is 4. The van der Waals surface area contributed by atoms with E-state index < -0.39 is 0 Å². The third-order valence-electron chi connectivity index (χ3n) is 2.42. The largest absolute Gasteiger partial charge is 0.475 e. The number of aliphatic imine (C=N–C) groups is 1. The van der Waals surface area contributed by atoms with Gasteiger partial charge < -0.3 is 9.64 Å². The van der Waals surface area contributed by atoms with E-state index in [9.17, 15) is 0 Å². The molecule has 0 aromatic carbocycles. The van der Waals surface area contributed by atoms with Gasteiger partial charge in [0.05, 0.1) is 11.1 Å². The Morgan fingerprint density at radius 3 is 2.50 bits per heavy atom. The van der Waals surface area contributed by atoms with Crippen molar-refractivity contribution in [2.75, 3.05) is 25.6 Å². The lowest BCUT2D eigenvalue weighted by Gasteiger charge is -2.10. The van der Waals surface area contributed by atoms with Gasteiger partial charge >= 0.3 is 0 Å². The monoisotopic (exact) mass is 219 g/mol. The van der Waals surface area contributed by atoms with Gasteiger partial charge in [0.25, 0.3) is 0 Å². The zero-order chi connectivity index (χ0) is 11.8. The van der Waals surface area contributed by atoms with Crippen LogP contribution in [-0.4, -0.2) is 37.1 Å². The van der Waals surface area contributed by atoms with Crippen molar-refractivity contribution in [3.8, 4) is 0 Å². The fourth-order valence-electron chi connectivity index (χ4n) is 1.51. The van der Waals surface area contributed by atoms with Crippen LogP contribution in [-0.2, 0) is 4.74 Å². The summed E-state index contributed by atoms with van der Waals surface area (Å²) in [5.41, 5.74) is 0.825. The summed E-state index contributed by atoms with van der Waals surface area (Å²) in [4.78, 5) is 10.8. The van der Waals surface area contributed by atoms with Crippen molar-refractivity contribution in [1.82, 2.24) is 4.98 Å². The fourth-order valence-corrected chi connectivity index (χ4v) is 1.51. The van der Waals surface area contributed by atoms with E-state index in [1.54, 1.807) is 6.20 Å². The van der Waals surface area contributed by atoms with Crippen molar-refractivity contribution >= 4 is 11.7 Å². The predicted octanol–water partition coefficient (Wildman–Crippen LogP) is 1.70. The summed E-state index contributed by atoms with van der Waals surface area (Å²) in [5, 5.41) is 0. The Balaban J connectivity index is 2.23. The lowest BCUT2D eigenvalue weighted by Crippen LogP contribution is -2.17. The van der Waals surface area contributed by atoms with Gasteiger partial charge in [-0.3, -0.25) is 0 Å². The Morgan fingerprint density at radius 2 is 2.06 bits per heavy atom. The number of aromatic nitrogens is 1. The first-order chi connectivity index (χ1) is 7.48. The van der Waals surface area contributed by atoms with Crippen LogP contribution < -0.4 is 4.90 Å². The van der Waals surface area contributed by atoms with Crippen LogP contribution in [0.3, 0.4) is 0 Å². The molecule has 0 atom stereocenters. The summed E-state index contributed by atoms with van der Waals surface area (Å²) in [7, 11) is 3.93. The fraction of sp³-hybridized carbons (Fsp3) is 0.500. The van der Waals surface area contributed by atoms with E-state index in [-0.39, 0.29) is 5.54 Å². The van der Waals surface area contributed by atoms with E-state index in [4.69, 9.17) is 4.74 Å². The molecule has 0 amide bonds.